The number of sulfonamides is 1. The Balaban J connectivity index is 2.26. The molecule has 2 aromatic carbocycles. The van der Waals surface area contributed by atoms with E-state index in [0.29, 0.717) is 33.6 Å². The van der Waals surface area contributed by atoms with Gasteiger partial charge in [0.15, 0.2) is 0 Å². The van der Waals surface area contributed by atoms with Crippen molar-refractivity contribution in [2.45, 2.75) is 52.1 Å². The zero-order chi connectivity index (χ0) is 27.8. The zero-order valence-corrected chi connectivity index (χ0v) is 24.8. The highest BCUT2D eigenvalue weighted by atomic mass is 35.5. The van der Waals surface area contributed by atoms with E-state index in [0.717, 1.165) is 17.0 Å². The Morgan fingerprint density at radius 1 is 0.973 bits per heavy atom. The third-order valence-corrected chi connectivity index (χ3v) is 8.07. The van der Waals surface area contributed by atoms with Crippen LogP contribution in [-0.4, -0.2) is 50.5 Å². The second-order valence-corrected chi connectivity index (χ2v) is 12.1. The van der Waals surface area contributed by atoms with Gasteiger partial charge in [0.1, 0.15) is 6.04 Å². The van der Waals surface area contributed by atoms with Gasteiger partial charge in [0.2, 0.25) is 21.8 Å². The zero-order valence-electron chi connectivity index (χ0n) is 20.9. The van der Waals surface area contributed by atoms with Gasteiger partial charge in [0.25, 0.3) is 0 Å². The second-order valence-electron chi connectivity index (χ2n) is 8.52. The van der Waals surface area contributed by atoms with Crippen molar-refractivity contribution >= 4 is 73.9 Å². The number of amides is 2. The summed E-state index contributed by atoms with van der Waals surface area (Å²) in [6.07, 6.45) is 2.42. The predicted octanol–water partition coefficient (Wildman–Crippen LogP) is 6.18. The van der Waals surface area contributed by atoms with Crippen molar-refractivity contribution in [3.8, 4) is 0 Å². The van der Waals surface area contributed by atoms with Crippen LogP contribution >= 0.6 is 46.4 Å². The van der Waals surface area contributed by atoms with E-state index in [1.807, 2.05) is 13.8 Å². The molecule has 1 N–H and O–H groups in total. The van der Waals surface area contributed by atoms with Crippen LogP contribution in [0.15, 0.2) is 36.4 Å². The Morgan fingerprint density at radius 2 is 1.65 bits per heavy atom. The van der Waals surface area contributed by atoms with Crippen LogP contribution in [0.25, 0.3) is 0 Å². The van der Waals surface area contributed by atoms with E-state index in [2.05, 4.69) is 5.32 Å². The normalized spacial score (nSPS) is 12.2. The number of halogens is 4. The highest BCUT2D eigenvalue weighted by Gasteiger charge is 2.29. The number of carbonyl (C=O) groups is 2. The fraction of sp³-hybridized carbons (Fsp3) is 0.440. The molecule has 2 amide bonds. The fourth-order valence-electron chi connectivity index (χ4n) is 3.78. The maximum absolute atomic E-state index is 13.4. The highest BCUT2D eigenvalue weighted by Crippen LogP contribution is 2.31. The van der Waals surface area contributed by atoms with Gasteiger partial charge in [-0.2, -0.15) is 0 Å². The van der Waals surface area contributed by atoms with Gasteiger partial charge in [0, 0.05) is 31.1 Å². The molecular weight excluding hydrogens is 580 g/mol. The van der Waals surface area contributed by atoms with E-state index < -0.39 is 16.1 Å². The molecule has 2 rings (SSSR count). The molecule has 0 aliphatic heterocycles. The second kappa shape index (κ2) is 14.4. The molecule has 12 heteroatoms. The number of benzene rings is 2. The third kappa shape index (κ3) is 9.21. The van der Waals surface area contributed by atoms with Gasteiger partial charge < -0.3 is 10.2 Å². The molecule has 0 saturated heterocycles. The van der Waals surface area contributed by atoms with Crippen LogP contribution in [0.1, 0.15) is 45.1 Å². The maximum atomic E-state index is 13.4. The van der Waals surface area contributed by atoms with Gasteiger partial charge in [-0.15, -0.1) is 0 Å². The van der Waals surface area contributed by atoms with E-state index in [9.17, 15) is 18.0 Å². The molecule has 0 spiro atoms. The van der Waals surface area contributed by atoms with Crippen LogP contribution in [0, 0.1) is 0 Å². The van der Waals surface area contributed by atoms with Gasteiger partial charge in [-0.3, -0.25) is 13.9 Å². The number of hydrogen-bond acceptors (Lipinski definition) is 4. The monoisotopic (exact) mass is 609 g/mol. The molecule has 1 atom stereocenters. The van der Waals surface area contributed by atoms with E-state index in [1.165, 1.54) is 17.0 Å². The first-order valence-corrected chi connectivity index (χ1v) is 15.2. The minimum Gasteiger partial charge on any atom is -0.354 e. The van der Waals surface area contributed by atoms with Crippen LogP contribution in [0.3, 0.4) is 0 Å². The maximum Gasteiger partial charge on any atom is 0.242 e. The smallest absolute Gasteiger partial charge is 0.242 e. The highest BCUT2D eigenvalue weighted by molar-refractivity contribution is 7.92. The fourth-order valence-corrected chi connectivity index (χ4v) is 5.51. The number of carbonyl (C=O) groups excluding carboxylic acids is 2. The summed E-state index contributed by atoms with van der Waals surface area (Å²) in [6.45, 7) is 4.42. The van der Waals surface area contributed by atoms with Crippen molar-refractivity contribution in [2.24, 2.45) is 0 Å². The minimum atomic E-state index is -3.70. The lowest BCUT2D eigenvalue weighted by Gasteiger charge is -2.31. The van der Waals surface area contributed by atoms with Gasteiger partial charge in [-0.1, -0.05) is 66.3 Å². The molecule has 0 saturated carbocycles. The van der Waals surface area contributed by atoms with Gasteiger partial charge in [-0.05, 0) is 55.2 Å². The molecule has 0 unspecified atom stereocenters. The molecule has 204 valence electrons. The Kier molecular flexibility index (Phi) is 12.3. The van der Waals surface area contributed by atoms with Crippen LogP contribution in [0.2, 0.25) is 20.1 Å². The topological polar surface area (TPSA) is 86.8 Å². The number of anilines is 1. The number of hydrogen-bond donors (Lipinski definition) is 1. The molecule has 0 aliphatic rings. The molecule has 0 radical (unpaired) electrons. The summed E-state index contributed by atoms with van der Waals surface area (Å²) < 4.78 is 26.1. The van der Waals surface area contributed by atoms with Crippen molar-refractivity contribution in [3.05, 3.63) is 62.1 Å². The van der Waals surface area contributed by atoms with E-state index >= 15 is 0 Å². The van der Waals surface area contributed by atoms with Crippen LogP contribution in [0.4, 0.5) is 5.69 Å². The van der Waals surface area contributed by atoms with Crippen LogP contribution in [-0.2, 0) is 26.2 Å². The first-order chi connectivity index (χ1) is 17.4. The third-order valence-electron chi connectivity index (χ3n) is 5.60. The lowest BCUT2D eigenvalue weighted by molar-refractivity contribution is -0.141. The molecule has 0 bridgehead atoms. The number of rotatable bonds is 13. The standard InChI is InChI=1S/C25H31Cl4N3O4S/c1-4-12-30-25(34)22(5-2)31(16-17-8-10-19(27)21(29)14-17)24(33)7-6-13-32(37(3,35)36)23-15-18(26)9-11-20(23)28/h8-11,14-15,22H,4-7,12-13,16H2,1-3H3,(H,30,34)/t22-/m1/s1. The average molecular weight is 611 g/mol. The summed E-state index contributed by atoms with van der Waals surface area (Å²) >= 11 is 24.5. The summed E-state index contributed by atoms with van der Waals surface area (Å²) in [5, 5.41) is 4.15. The van der Waals surface area contributed by atoms with Crippen molar-refractivity contribution < 1.29 is 18.0 Å². The van der Waals surface area contributed by atoms with Crippen molar-refractivity contribution in [1.29, 1.82) is 0 Å². The minimum absolute atomic E-state index is 0.00306. The number of nitrogens with one attached hydrogen (secondary N) is 1. The van der Waals surface area contributed by atoms with Gasteiger partial charge in [0.05, 0.1) is 27.0 Å². The summed E-state index contributed by atoms with van der Waals surface area (Å²) in [7, 11) is -3.70. The van der Waals surface area contributed by atoms with Crippen molar-refractivity contribution in [3.63, 3.8) is 0 Å². The SMILES string of the molecule is CCCNC(=O)[C@@H](CC)N(Cc1ccc(Cl)c(Cl)c1)C(=O)CCCN(c1cc(Cl)ccc1Cl)S(C)(=O)=O. The van der Waals surface area contributed by atoms with E-state index in [1.54, 1.807) is 24.3 Å². The molecule has 0 fully saturated rings. The molecule has 0 heterocycles. The summed E-state index contributed by atoms with van der Waals surface area (Å²) in [6, 6.07) is 8.88. The molecule has 37 heavy (non-hydrogen) atoms. The Hall–Kier alpha value is -1.71. The van der Waals surface area contributed by atoms with Crippen molar-refractivity contribution in [2.75, 3.05) is 23.7 Å². The Morgan fingerprint density at radius 3 is 2.24 bits per heavy atom. The first-order valence-electron chi connectivity index (χ1n) is 11.8. The van der Waals surface area contributed by atoms with Crippen molar-refractivity contribution in [1.82, 2.24) is 10.2 Å². The first kappa shape index (κ1) is 31.5. The molecular formula is C25H31Cl4N3O4S. The average Bonchev–Trinajstić information content (AvgIpc) is 2.83. The predicted molar refractivity (Wildman–Crippen MR) is 152 cm³/mol. The Bertz CT molecular complexity index is 1210. The van der Waals surface area contributed by atoms with Gasteiger partial charge in [-0.25, -0.2) is 8.42 Å². The molecule has 2 aromatic rings. The lowest BCUT2D eigenvalue weighted by atomic mass is 10.1. The largest absolute Gasteiger partial charge is 0.354 e. The summed E-state index contributed by atoms with van der Waals surface area (Å²) in [4.78, 5) is 27.8. The van der Waals surface area contributed by atoms with Gasteiger partial charge >= 0.3 is 0 Å². The number of nitrogens with zero attached hydrogens (tertiary/aromatic N) is 2. The summed E-state index contributed by atoms with van der Waals surface area (Å²) in [5.74, 6) is -0.545. The summed E-state index contributed by atoms with van der Waals surface area (Å²) in [5.41, 5.74) is 0.954. The molecule has 0 aromatic heterocycles. The van der Waals surface area contributed by atoms with Crippen LogP contribution < -0.4 is 9.62 Å². The quantitative estimate of drug-likeness (QED) is 0.293. The van der Waals surface area contributed by atoms with Crippen LogP contribution in [0.5, 0.6) is 0 Å². The molecule has 0 aliphatic carbocycles. The molecule has 7 nitrogen and oxygen atoms in total. The lowest BCUT2D eigenvalue weighted by Crippen LogP contribution is -2.49. The Labute approximate surface area is 239 Å². The van der Waals surface area contributed by atoms with E-state index in [-0.39, 0.29) is 48.5 Å². The van der Waals surface area contributed by atoms with E-state index in [4.69, 9.17) is 46.4 Å².